The molecule has 1 atom stereocenters. The number of benzene rings is 2. The number of nitrogens with zero attached hydrogens (tertiary/aromatic N) is 1. The van der Waals surface area contributed by atoms with Crippen LogP contribution in [0.15, 0.2) is 42.5 Å². The van der Waals surface area contributed by atoms with E-state index < -0.39 is 6.04 Å². The molecular weight excluding hydrogens is 419 g/mol. The summed E-state index contributed by atoms with van der Waals surface area (Å²) >= 11 is 12.3. The SMILES string of the molecule is CCCNC(=O)[C@H](C)N(Cc1ccc(Cl)cc1Cl)C(=O)CCc1ccc(CC)cc1. The van der Waals surface area contributed by atoms with Crippen molar-refractivity contribution in [3.8, 4) is 0 Å². The highest BCUT2D eigenvalue weighted by Crippen LogP contribution is 2.23. The summed E-state index contributed by atoms with van der Waals surface area (Å²) in [6.07, 6.45) is 2.77. The zero-order valence-corrected chi connectivity index (χ0v) is 19.4. The van der Waals surface area contributed by atoms with Crippen LogP contribution in [0.1, 0.15) is 50.3 Å². The minimum absolute atomic E-state index is 0.0836. The Labute approximate surface area is 189 Å². The van der Waals surface area contributed by atoms with E-state index in [4.69, 9.17) is 23.2 Å². The van der Waals surface area contributed by atoms with Gasteiger partial charge in [-0.25, -0.2) is 0 Å². The second kappa shape index (κ2) is 12.0. The molecule has 2 aromatic carbocycles. The molecule has 2 aromatic rings. The highest BCUT2D eigenvalue weighted by atomic mass is 35.5. The van der Waals surface area contributed by atoms with E-state index in [0.717, 1.165) is 24.0 Å². The fourth-order valence-corrected chi connectivity index (χ4v) is 3.62. The Balaban J connectivity index is 2.15. The number of carbonyl (C=O) groups excluding carboxylic acids is 2. The lowest BCUT2D eigenvalue weighted by atomic mass is 10.0. The molecule has 2 amide bonds. The van der Waals surface area contributed by atoms with E-state index in [1.54, 1.807) is 30.0 Å². The van der Waals surface area contributed by atoms with Crippen molar-refractivity contribution in [2.24, 2.45) is 0 Å². The van der Waals surface area contributed by atoms with Crippen LogP contribution >= 0.6 is 23.2 Å². The Morgan fingerprint density at radius 2 is 1.70 bits per heavy atom. The van der Waals surface area contributed by atoms with Crippen LogP contribution in [0.3, 0.4) is 0 Å². The summed E-state index contributed by atoms with van der Waals surface area (Å²) in [5.74, 6) is -0.248. The molecule has 0 unspecified atom stereocenters. The Hall–Kier alpha value is -2.04. The van der Waals surface area contributed by atoms with E-state index in [0.29, 0.717) is 29.4 Å². The fourth-order valence-electron chi connectivity index (χ4n) is 3.15. The van der Waals surface area contributed by atoms with Gasteiger partial charge in [0.1, 0.15) is 6.04 Å². The van der Waals surface area contributed by atoms with Gasteiger partial charge in [-0.3, -0.25) is 9.59 Å². The fraction of sp³-hybridized carbons (Fsp3) is 0.417. The standard InChI is InChI=1S/C24H30Cl2N2O2/c1-4-14-27-24(30)17(3)28(16-20-11-12-21(25)15-22(20)26)23(29)13-10-19-8-6-18(5-2)7-9-19/h6-9,11-12,15,17H,4-5,10,13-14,16H2,1-3H3,(H,27,30)/t17-/m0/s1. The third-order valence-electron chi connectivity index (χ3n) is 5.13. The van der Waals surface area contributed by atoms with Gasteiger partial charge in [0.05, 0.1) is 0 Å². The molecule has 0 bridgehead atoms. The van der Waals surface area contributed by atoms with Gasteiger partial charge in [0.2, 0.25) is 11.8 Å². The molecule has 0 saturated heterocycles. The average molecular weight is 449 g/mol. The van der Waals surface area contributed by atoms with Gasteiger partial charge in [-0.2, -0.15) is 0 Å². The number of hydrogen-bond acceptors (Lipinski definition) is 2. The second-order valence-corrected chi connectivity index (χ2v) is 8.24. The number of hydrogen-bond donors (Lipinski definition) is 1. The van der Waals surface area contributed by atoms with Crippen LogP contribution in [-0.4, -0.2) is 29.3 Å². The van der Waals surface area contributed by atoms with Crippen molar-refractivity contribution in [1.82, 2.24) is 10.2 Å². The molecule has 0 radical (unpaired) electrons. The maximum Gasteiger partial charge on any atom is 0.242 e. The van der Waals surface area contributed by atoms with Crippen LogP contribution in [0.2, 0.25) is 10.0 Å². The Morgan fingerprint density at radius 3 is 2.30 bits per heavy atom. The summed E-state index contributed by atoms with van der Waals surface area (Å²) in [7, 11) is 0. The van der Waals surface area contributed by atoms with E-state index in [2.05, 4.69) is 36.5 Å². The molecule has 0 spiro atoms. The summed E-state index contributed by atoms with van der Waals surface area (Å²) in [6, 6.07) is 12.9. The van der Waals surface area contributed by atoms with Crippen LogP contribution < -0.4 is 5.32 Å². The van der Waals surface area contributed by atoms with Gasteiger partial charge < -0.3 is 10.2 Å². The van der Waals surface area contributed by atoms with Crippen molar-refractivity contribution in [3.05, 3.63) is 69.2 Å². The number of rotatable bonds is 10. The maximum absolute atomic E-state index is 13.1. The highest BCUT2D eigenvalue weighted by Gasteiger charge is 2.26. The zero-order valence-electron chi connectivity index (χ0n) is 17.9. The van der Waals surface area contributed by atoms with Gasteiger partial charge in [-0.1, -0.05) is 67.4 Å². The summed E-state index contributed by atoms with van der Waals surface area (Å²) in [6.45, 7) is 6.69. The topological polar surface area (TPSA) is 49.4 Å². The third-order valence-corrected chi connectivity index (χ3v) is 5.72. The van der Waals surface area contributed by atoms with Crippen molar-refractivity contribution in [2.45, 2.75) is 59.0 Å². The van der Waals surface area contributed by atoms with E-state index in [9.17, 15) is 9.59 Å². The first-order valence-corrected chi connectivity index (χ1v) is 11.2. The van der Waals surface area contributed by atoms with E-state index >= 15 is 0 Å². The predicted molar refractivity (Wildman–Crippen MR) is 124 cm³/mol. The van der Waals surface area contributed by atoms with Crippen molar-refractivity contribution in [3.63, 3.8) is 0 Å². The van der Waals surface area contributed by atoms with Gasteiger partial charge in [0.25, 0.3) is 0 Å². The molecule has 0 fully saturated rings. The molecule has 4 nitrogen and oxygen atoms in total. The van der Waals surface area contributed by atoms with Crippen LogP contribution in [-0.2, 0) is 29.0 Å². The lowest BCUT2D eigenvalue weighted by Gasteiger charge is -2.29. The van der Waals surface area contributed by atoms with Crippen LogP contribution in [0.4, 0.5) is 0 Å². The smallest absolute Gasteiger partial charge is 0.242 e. The van der Waals surface area contributed by atoms with E-state index in [1.807, 2.05) is 6.92 Å². The average Bonchev–Trinajstić information content (AvgIpc) is 2.75. The van der Waals surface area contributed by atoms with E-state index in [1.165, 1.54) is 5.56 Å². The van der Waals surface area contributed by atoms with Crippen molar-refractivity contribution in [2.75, 3.05) is 6.54 Å². The summed E-state index contributed by atoms with van der Waals surface area (Å²) in [4.78, 5) is 27.3. The summed E-state index contributed by atoms with van der Waals surface area (Å²) in [5.41, 5.74) is 3.13. The van der Waals surface area contributed by atoms with Crippen LogP contribution in [0.5, 0.6) is 0 Å². The van der Waals surface area contributed by atoms with Crippen molar-refractivity contribution >= 4 is 35.0 Å². The molecular formula is C24H30Cl2N2O2. The Bertz CT molecular complexity index is 853. The molecule has 0 saturated carbocycles. The molecule has 0 aliphatic carbocycles. The molecule has 0 aliphatic heterocycles. The van der Waals surface area contributed by atoms with Gasteiger partial charge in [-0.15, -0.1) is 0 Å². The normalized spacial score (nSPS) is 11.8. The number of aryl methyl sites for hydroxylation is 2. The first-order valence-electron chi connectivity index (χ1n) is 10.4. The molecule has 162 valence electrons. The van der Waals surface area contributed by atoms with Gasteiger partial charge in [0, 0.05) is 29.6 Å². The minimum Gasteiger partial charge on any atom is -0.354 e. The summed E-state index contributed by atoms with van der Waals surface area (Å²) in [5, 5.41) is 3.89. The number of carbonyl (C=O) groups is 2. The number of halogens is 2. The maximum atomic E-state index is 13.1. The third kappa shape index (κ3) is 7.03. The molecule has 0 aromatic heterocycles. The molecule has 0 heterocycles. The van der Waals surface area contributed by atoms with E-state index in [-0.39, 0.29) is 18.4 Å². The molecule has 2 rings (SSSR count). The van der Waals surface area contributed by atoms with Crippen LogP contribution in [0.25, 0.3) is 0 Å². The lowest BCUT2D eigenvalue weighted by Crippen LogP contribution is -2.47. The van der Waals surface area contributed by atoms with Gasteiger partial charge in [-0.05, 0) is 55.0 Å². The van der Waals surface area contributed by atoms with Gasteiger partial charge >= 0.3 is 0 Å². The van der Waals surface area contributed by atoms with Crippen molar-refractivity contribution < 1.29 is 9.59 Å². The van der Waals surface area contributed by atoms with Crippen molar-refractivity contribution in [1.29, 1.82) is 0 Å². The first-order chi connectivity index (χ1) is 14.3. The van der Waals surface area contributed by atoms with Gasteiger partial charge in [0.15, 0.2) is 0 Å². The summed E-state index contributed by atoms with van der Waals surface area (Å²) < 4.78 is 0. The molecule has 6 heteroatoms. The quantitative estimate of drug-likeness (QED) is 0.526. The minimum atomic E-state index is -0.599. The number of amides is 2. The largest absolute Gasteiger partial charge is 0.354 e. The predicted octanol–water partition coefficient (Wildman–Crippen LogP) is 5.43. The Kier molecular flexibility index (Phi) is 9.67. The molecule has 30 heavy (non-hydrogen) atoms. The second-order valence-electron chi connectivity index (χ2n) is 7.39. The first kappa shape index (κ1) is 24.2. The Morgan fingerprint density at radius 1 is 1.03 bits per heavy atom. The molecule has 1 N–H and O–H groups in total. The highest BCUT2D eigenvalue weighted by molar-refractivity contribution is 6.35. The lowest BCUT2D eigenvalue weighted by molar-refractivity contribution is -0.140. The zero-order chi connectivity index (χ0) is 22.1. The molecule has 0 aliphatic rings. The number of nitrogens with one attached hydrogen (secondary N) is 1. The monoisotopic (exact) mass is 448 g/mol. The van der Waals surface area contributed by atoms with Crippen LogP contribution in [0, 0.1) is 0 Å².